The minimum absolute atomic E-state index is 0.0638. The molecule has 136 valence electrons. The van der Waals surface area contributed by atoms with Crippen molar-refractivity contribution in [1.29, 1.82) is 0 Å². The lowest BCUT2D eigenvalue weighted by Crippen LogP contribution is -2.25. The van der Waals surface area contributed by atoms with Crippen LogP contribution in [-0.4, -0.2) is 23.5 Å². The largest absolute Gasteiger partial charge is 0.489 e. The molecule has 1 aliphatic heterocycles. The van der Waals surface area contributed by atoms with Gasteiger partial charge in [0.2, 0.25) is 5.91 Å². The fourth-order valence-corrected chi connectivity index (χ4v) is 2.70. The molecular weight excluding hydrogens is 351 g/mol. The van der Waals surface area contributed by atoms with E-state index in [2.05, 4.69) is 0 Å². The lowest BCUT2D eigenvalue weighted by molar-refractivity contribution is -0.141. The highest BCUT2D eigenvalue weighted by molar-refractivity contribution is 5.99. The standard InChI is InChI=1S/C18H14F3NO4/c19-14-5-6-15(20)17(21)13(14)9-26-12-3-1-11(2-4-12)22-8-10(18(24)25)7-16(22)23/h1-6,10H,7-9H2,(H,24,25). The van der Waals surface area contributed by atoms with Gasteiger partial charge in [-0.05, 0) is 36.4 Å². The van der Waals surface area contributed by atoms with E-state index in [0.717, 1.165) is 6.07 Å². The molecule has 2 aromatic rings. The van der Waals surface area contributed by atoms with Gasteiger partial charge < -0.3 is 14.7 Å². The third-order valence-electron chi connectivity index (χ3n) is 4.14. The Bertz CT molecular complexity index is 854. The van der Waals surface area contributed by atoms with E-state index in [0.29, 0.717) is 11.8 Å². The first-order valence-electron chi connectivity index (χ1n) is 7.75. The molecule has 0 aliphatic carbocycles. The summed E-state index contributed by atoms with van der Waals surface area (Å²) >= 11 is 0. The second kappa shape index (κ2) is 7.07. The first kappa shape index (κ1) is 17.8. The quantitative estimate of drug-likeness (QED) is 0.827. The monoisotopic (exact) mass is 365 g/mol. The van der Waals surface area contributed by atoms with Crippen LogP contribution in [0.2, 0.25) is 0 Å². The normalized spacial score (nSPS) is 16.8. The van der Waals surface area contributed by atoms with E-state index in [9.17, 15) is 22.8 Å². The maximum Gasteiger partial charge on any atom is 0.308 e. The van der Waals surface area contributed by atoms with Crippen molar-refractivity contribution >= 4 is 17.6 Å². The van der Waals surface area contributed by atoms with Crippen LogP contribution in [0.25, 0.3) is 0 Å². The zero-order valence-electron chi connectivity index (χ0n) is 13.4. The molecule has 1 unspecified atom stereocenters. The van der Waals surface area contributed by atoms with Gasteiger partial charge in [0.05, 0.1) is 11.5 Å². The highest BCUT2D eigenvalue weighted by Crippen LogP contribution is 2.27. The molecule has 3 rings (SSSR count). The van der Waals surface area contributed by atoms with Crippen molar-refractivity contribution in [3.8, 4) is 5.75 Å². The van der Waals surface area contributed by atoms with E-state index in [1.54, 1.807) is 0 Å². The Hall–Kier alpha value is -3.03. The number of rotatable bonds is 5. The Morgan fingerprint density at radius 1 is 1.12 bits per heavy atom. The SMILES string of the molecule is O=C(O)C1CC(=O)N(c2ccc(OCc3c(F)ccc(F)c3F)cc2)C1. The van der Waals surface area contributed by atoms with Crippen molar-refractivity contribution in [3.05, 3.63) is 59.4 Å². The summed E-state index contributed by atoms with van der Waals surface area (Å²) in [6.45, 7) is -0.424. The summed E-state index contributed by atoms with van der Waals surface area (Å²) in [4.78, 5) is 24.3. The molecule has 1 N–H and O–H groups in total. The Kier molecular flexibility index (Phi) is 4.83. The van der Waals surface area contributed by atoms with Gasteiger partial charge in [0, 0.05) is 18.7 Å². The van der Waals surface area contributed by atoms with Gasteiger partial charge in [0.25, 0.3) is 0 Å². The number of aliphatic carboxylic acids is 1. The number of ether oxygens (including phenoxy) is 1. The lowest BCUT2D eigenvalue weighted by atomic mass is 10.1. The first-order valence-corrected chi connectivity index (χ1v) is 7.75. The van der Waals surface area contributed by atoms with Crippen molar-refractivity contribution in [1.82, 2.24) is 0 Å². The van der Waals surface area contributed by atoms with E-state index in [4.69, 9.17) is 9.84 Å². The molecule has 26 heavy (non-hydrogen) atoms. The van der Waals surface area contributed by atoms with E-state index < -0.39 is 41.5 Å². The summed E-state index contributed by atoms with van der Waals surface area (Å²) in [5, 5.41) is 9.00. The molecule has 1 atom stereocenters. The van der Waals surface area contributed by atoms with E-state index in [1.807, 2.05) is 0 Å². The Morgan fingerprint density at radius 3 is 2.38 bits per heavy atom. The van der Waals surface area contributed by atoms with Crippen molar-refractivity contribution in [2.45, 2.75) is 13.0 Å². The van der Waals surface area contributed by atoms with Crippen molar-refractivity contribution in [3.63, 3.8) is 0 Å². The van der Waals surface area contributed by atoms with Crippen LogP contribution in [0.3, 0.4) is 0 Å². The molecule has 8 heteroatoms. The number of nitrogens with zero attached hydrogens (tertiary/aromatic N) is 1. The number of carboxylic acid groups (broad SMARTS) is 1. The van der Waals surface area contributed by atoms with Gasteiger partial charge in [0.1, 0.15) is 18.2 Å². The number of hydrogen-bond acceptors (Lipinski definition) is 3. The summed E-state index contributed by atoms with van der Waals surface area (Å²) < 4.78 is 45.6. The number of amides is 1. The average Bonchev–Trinajstić information content (AvgIpc) is 3.01. The van der Waals surface area contributed by atoms with Crippen molar-refractivity contribution in [2.75, 3.05) is 11.4 Å². The zero-order valence-corrected chi connectivity index (χ0v) is 13.4. The molecule has 0 saturated carbocycles. The van der Waals surface area contributed by atoms with Crippen LogP contribution in [0.4, 0.5) is 18.9 Å². The molecule has 0 bridgehead atoms. The molecule has 0 aromatic heterocycles. The lowest BCUT2D eigenvalue weighted by Gasteiger charge is -2.16. The highest BCUT2D eigenvalue weighted by Gasteiger charge is 2.34. The van der Waals surface area contributed by atoms with Crippen molar-refractivity contribution < 1.29 is 32.6 Å². The van der Waals surface area contributed by atoms with Crippen LogP contribution in [-0.2, 0) is 16.2 Å². The number of anilines is 1. The Labute approximate surface area is 146 Å². The Morgan fingerprint density at radius 2 is 1.77 bits per heavy atom. The zero-order chi connectivity index (χ0) is 18.8. The predicted octanol–water partition coefficient (Wildman–Crippen LogP) is 3.12. The number of carbonyl (C=O) groups is 2. The van der Waals surface area contributed by atoms with E-state index >= 15 is 0 Å². The van der Waals surface area contributed by atoms with Gasteiger partial charge in [0.15, 0.2) is 11.6 Å². The van der Waals surface area contributed by atoms with E-state index in [1.165, 1.54) is 29.2 Å². The van der Waals surface area contributed by atoms with Gasteiger partial charge in [-0.1, -0.05) is 0 Å². The molecular formula is C18H14F3NO4. The smallest absolute Gasteiger partial charge is 0.308 e. The fourth-order valence-electron chi connectivity index (χ4n) is 2.70. The van der Waals surface area contributed by atoms with Gasteiger partial charge >= 0.3 is 5.97 Å². The van der Waals surface area contributed by atoms with Crippen LogP contribution >= 0.6 is 0 Å². The van der Waals surface area contributed by atoms with Crippen LogP contribution in [0, 0.1) is 23.4 Å². The van der Waals surface area contributed by atoms with Crippen LogP contribution < -0.4 is 9.64 Å². The molecule has 0 spiro atoms. The van der Waals surface area contributed by atoms with Gasteiger partial charge in [-0.2, -0.15) is 0 Å². The van der Waals surface area contributed by atoms with E-state index in [-0.39, 0.29) is 24.6 Å². The molecule has 2 aromatic carbocycles. The maximum absolute atomic E-state index is 13.6. The molecule has 1 saturated heterocycles. The molecule has 1 heterocycles. The third-order valence-corrected chi connectivity index (χ3v) is 4.14. The van der Waals surface area contributed by atoms with Gasteiger partial charge in [-0.3, -0.25) is 9.59 Å². The molecule has 1 aliphatic rings. The minimum Gasteiger partial charge on any atom is -0.489 e. The van der Waals surface area contributed by atoms with Crippen LogP contribution in [0.1, 0.15) is 12.0 Å². The first-order chi connectivity index (χ1) is 12.4. The molecule has 1 amide bonds. The number of carboxylic acids is 1. The second-order valence-electron chi connectivity index (χ2n) is 5.85. The van der Waals surface area contributed by atoms with Crippen LogP contribution in [0.5, 0.6) is 5.75 Å². The van der Waals surface area contributed by atoms with Crippen LogP contribution in [0.15, 0.2) is 36.4 Å². The number of hydrogen-bond donors (Lipinski definition) is 1. The minimum atomic E-state index is -1.30. The summed E-state index contributed by atoms with van der Waals surface area (Å²) in [5.41, 5.74) is -0.0256. The summed E-state index contributed by atoms with van der Waals surface area (Å²) in [5.74, 6) is -5.20. The second-order valence-corrected chi connectivity index (χ2v) is 5.85. The maximum atomic E-state index is 13.6. The van der Waals surface area contributed by atoms with Gasteiger partial charge in [-0.25, -0.2) is 13.2 Å². The number of halogens is 3. The Balaban J connectivity index is 1.68. The summed E-state index contributed by atoms with van der Waals surface area (Å²) in [6.07, 6.45) is -0.0638. The molecule has 5 nitrogen and oxygen atoms in total. The molecule has 1 fully saturated rings. The topological polar surface area (TPSA) is 66.8 Å². The van der Waals surface area contributed by atoms with Crippen molar-refractivity contribution in [2.24, 2.45) is 5.92 Å². The summed E-state index contributed by atoms with van der Waals surface area (Å²) in [6, 6.07) is 7.54. The number of benzene rings is 2. The molecule has 0 radical (unpaired) electrons. The third kappa shape index (κ3) is 3.49. The highest BCUT2D eigenvalue weighted by atomic mass is 19.2. The average molecular weight is 365 g/mol. The number of carbonyl (C=O) groups excluding carboxylic acids is 1. The predicted molar refractivity (Wildman–Crippen MR) is 85.2 cm³/mol. The fraction of sp³-hybridized carbons (Fsp3) is 0.222. The summed E-state index contributed by atoms with van der Waals surface area (Å²) in [7, 11) is 0. The van der Waals surface area contributed by atoms with Gasteiger partial charge in [-0.15, -0.1) is 0 Å².